The summed E-state index contributed by atoms with van der Waals surface area (Å²) in [5, 5.41) is 12.4. The Morgan fingerprint density at radius 1 is 1.32 bits per heavy atom. The standard InChI is InChI=1S/C15H20N4O2S/c1-5-19(6-2)14(20)11-8-22-13(18-11)10-7-12(15(3,4)21)17-9-16-10/h7-9,21H,5-6H2,1-4H3. The van der Waals surface area contributed by atoms with Crippen molar-refractivity contribution in [2.75, 3.05) is 13.1 Å². The van der Waals surface area contributed by atoms with Crippen LogP contribution in [0.25, 0.3) is 10.7 Å². The van der Waals surface area contributed by atoms with Gasteiger partial charge < -0.3 is 10.0 Å². The number of aliphatic hydroxyl groups is 1. The summed E-state index contributed by atoms with van der Waals surface area (Å²) < 4.78 is 0. The van der Waals surface area contributed by atoms with E-state index in [9.17, 15) is 9.90 Å². The number of thiazole rings is 1. The van der Waals surface area contributed by atoms with Crippen molar-refractivity contribution in [1.29, 1.82) is 0 Å². The SMILES string of the molecule is CCN(CC)C(=O)c1csc(-c2cc(C(C)(C)O)ncn2)n1. The van der Waals surface area contributed by atoms with E-state index in [0.717, 1.165) is 0 Å². The summed E-state index contributed by atoms with van der Waals surface area (Å²) in [6.45, 7) is 8.51. The van der Waals surface area contributed by atoms with Crippen molar-refractivity contribution in [3.63, 3.8) is 0 Å². The summed E-state index contributed by atoms with van der Waals surface area (Å²) in [6, 6.07) is 1.70. The molecule has 1 N–H and O–H groups in total. The summed E-state index contributed by atoms with van der Waals surface area (Å²) in [5.74, 6) is -0.0794. The van der Waals surface area contributed by atoms with Gasteiger partial charge in [-0.2, -0.15) is 0 Å². The molecule has 1 amide bonds. The Hall–Kier alpha value is -1.86. The third-order valence-electron chi connectivity index (χ3n) is 3.29. The lowest BCUT2D eigenvalue weighted by Gasteiger charge is -2.17. The molecule has 0 unspecified atom stereocenters. The number of hydrogen-bond acceptors (Lipinski definition) is 6. The molecule has 0 saturated heterocycles. The highest BCUT2D eigenvalue weighted by Gasteiger charge is 2.21. The fourth-order valence-corrected chi connectivity index (χ4v) is 2.73. The molecule has 0 atom stereocenters. The fourth-order valence-electron chi connectivity index (χ4n) is 1.97. The van der Waals surface area contributed by atoms with Crippen LogP contribution in [0.15, 0.2) is 17.8 Å². The maximum absolute atomic E-state index is 12.3. The Balaban J connectivity index is 2.31. The summed E-state index contributed by atoms with van der Waals surface area (Å²) in [4.78, 5) is 26.6. The highest BCUT2D eigenvalue weighted by atomic mass is 32.1. The molecule has 0 aliphatic carbocycles. The second-order valence-electron chi connectivity index (χ2n) is 5.36. The summed E-state index contributed by atoms with van der Waals surface area (Å²) in [5.41, 5.74) is 0.501. The van der Waals surface area contributed by atoms with E-state index in [-0.39, 0.29) is 5.91 Å². The van der Waals surface area contributed by atoms with Crippen molar-refractivity contribution < 1.29 is 9.90 Å². The number of nitrogens with zero attached hydrogens (tertiary/aromatic N) is 4. The van der Waals surface area contributed by atoms with E-state index < -0.39 is 5.60 Å². The molecule has 0 radical (unpaired) electrons. The molecular formula is C15H20N4O2S. The minimum Gasteiger partial charge on any atom is -0.384 e. The smallest absolute Gasteiger partial charge is 0.273 e. The van der Waals surface area contributed by atoms with Gasteiger partial charge in [-0.3, -0.25) is 4.79 Å². The zero-order chi connectivity index (χ0) is 16.3. The van der Waals surface area contributed by atoms with Crippen LogP contribution in [0.2, 0.25) is 0 Å². The maximum Gasteiger partial charge on any atom is 0.273 e. The van der Waals surface area contributed by atoms with Crippen LogP contribution in [0.4, 0.5) is 0 Å². The van der Waals surface area contributed by atoms with Gasteiger partial charge in [0.05, 0.1) is 5.69 Å². The Labute approximate surface area is 133 Å². The molecular weight excluding hydrogens is 300 g/mol. The van der Waals surface area contributed by atoms with E-state index in [2.05, 4.69) is 15.0 Å². The van der Waals surface area contributed by atoms with Crippen LogP contribution in [-0.2, 0) is 5.60 Å². The maximum atomic E-state index is 12.3. The van der Waals surface area contributed by atoms with Crippen molar-refractivity contribution in [2.24, 2.45) is 0 Å². The Morgan fingerprint density at radius 3 is 2.59 bits per heavy atom. The molecule has 2 rings (SSSR count). The molecule has 0 saturated carbocycles. The third-order valence-corrected chi connectivity index (χ3v) is 4.15. The number of hydrogen-bond donors (Lipinski definition) is 1. The molecule has 0 fully saturated rings. The van der Waals surface area contributed by atoms with Crippen LogP contribution in [0.5, 0.6) is 0 Å². The Morgan fingerprint density at radius 2 is 2.00 bits per heavy atom. The van der Waals surface area contributed by atoms with Crippen molar-refractivity contribution >= 4 is 17.2 Å². The first-order valence-corrected chi connectivity index (χ1v) is 8.04. The van der Waals surface area contributed by atoms with E-state index in [1.165, 1.54) is 17.7 Å². The summed E-state index contributed by atoms with van der Waals surface area (Å²) in [7, 11) is 0. The molecule has 0 aliphatic rings. The van der Waals surface area contributed by atoms with Crippen LogP contribution < -0.4 is 0 Å². The Kier molecular flexibility index (Phi) is 4.87. The molecule has 0 aromatic carbocycles. The first kappa shape index (κ1) is 16.5. The molecule has 2 aromatic heterocycles. The van der Waals surface area contributed by atoms with Gasteiger partial charge in [-0.15, -0.1) is 11.3 Å². The predicted octanol–water partition coefficient (Wildman–Crippen LogP) is 2.31. The third kappa shape index (κ3) is 3.48. The number of carbonyl (C=O) groups excluding carboxylic acids is 1. The van der Waals surface area contributed by atoms with E-state index in [1.54, 1.807) is 30.2 Å². The average molecular weight is 320 g/mol. The minimum atomic E-state index is -1.05. The van der Waals surface area contributed by atoms with Gasteiger partial charge >= 0.3 is 0 Å². The lowest BCUT2D eigenvalue weighted by Crippen LogP contribution is -2.30. The van der Waals surface area contributed by atoms with Crippen molar-refractivity contribution in [3.05, 3.63) is 29.2 Å². The van der Waals surface area contributed by atoms with Gasteiger partial charge in [0.2, 0.25) is 0 Å². The van der Waals surface area contributed by atoms with Gasteiger partial charge in [-0.1, -0.05) is 0 Å². The number of carbonyl (C=O) groups is 1. The molecule has 0 bridgehead atoms. The van der Waals surface area contributed by atoms with Crippen LogP contribution >= 0.6 is 11.3 Å². The highest BCUT2D eigenvalue weighted by molar-refractivity contribution is 7.13. The van der Waals surface area contributed by atoms with Crippen molar-refractivity contribution in [3.8, 4) is 10.7 Å². The first-order chi connectivity index (χ1) is 10.4. The van der Waals surface area contributed by atoms with Gasteiger partial charge in [0.1, 0.15) is 28.3 Å². The molecule has 0 spiro atoms. The molecule has 7 heteroatoms. The second kappa shape index (κ2) is 6.50. The van der Waals surface area contributed by atoms with Crippen molar-refractivity contribution in [2.45, 2.75) is 33.3 Å². The zero-order valence-electron chi connectivity index (χ0n) is 13.2. The largest absolute Gasteiger partial charge is 0.384 e. The molecule has 2 aromatic rings. The van der Waals surface area contributed by atoms with Crippen LogP contribution in [0.3, 0.4) is 0 Å². The van der Waals surface area contributed by atoms with Crippen LogP contribution in [0.1, 0.15) is 43.9 Å². The minimum absolute atomic E-state index is 0.0794. The first-order valence-electron chi connectivity index (χ1n) is 7.16. The normalized spacial score (nSPS) is 11.5. The zero-order valence-corrected chi connectivity index (χ0v) is 14.0. The van der Waals surface area contributed by atoms with E-state index >= 15 is 0 Å². The Bertz CT molecular complexity index is 660. The number of aromatic nitrogens is 3. The number of rotatable bonds is 5. The van der Waals surface area contributed by atoms with E-state index in [0.29, 0.717) is 35.2 Å². The van der Waals surface area contributed by atoms with Crippen molar-refractivity contribution in [1.82, 2.24) is 19.9 Å². The molecule has 118 valence electrons. The lowest BCUT2D eigenvalue weighted by molar-refractivity contribution is 0.0736. The topological polar surface area (TPSA) is 79.2 Å². The van der Waals surface area contributed by atoms with Crippen LogP contribution in [0, 0.1) is 0 Å². The van der Waals surface area contributed by atoms with E-state index in [4.69, 9.17) is 0 Å². The monoisotopic (exact) mass is 320 g/mol. The fraction of sp³-hybridized carbons (Fsp3) is 0.467. The molecule has 6 nitrogen and oxygen atoms in total. The van der Waals surface area contributed by atoms with Gasteiger partial charge in [-0.05, 0) is 33.8 Å². The second-order valence-corrected chi connectivity index (χ2v) is 6.22. The van der Waals surface area contributed by atoms with Crippen LogP contribution in [-0.4, -0.2) is 44.0 Å². The highest BCUT2D eigenvalue weighted by Crippen LogP contribution is 2.25. The van der Waals surface area contributed by atoms with Gasteiger partial charge in [0.15, 0.2) is 0 Å². The van der Waals surface area contributed by atoms with Gasteiger partial charge in [-0.25, -0.2) is 15.0 Å². The predicted molar refractivity (Wildman–Crippen MR) is 85.6 cm³/mol. The quantitative estimate of drug-likeness (QED) is 0.914. The number of amides is 1. The lowest BCUT2D eigenvalue weighted by atomic mass is 10.0. The summed E-state index contributed by atoms with van der Waals surface area (Å²) >= 11 is 1.36. The average Bonchev–Trinajstić information content (AvgIpc) is 2.97. The molecule has 0 aliphatic heterocycles. The molecule has 22 heavy (non-hydrogen) atoms. The van der Waals surface area contributed by atoms with Gasteiger partial charge in [0, 0.05) is 18.5 Å². The van der Waals surface area contributed by atoms with E-state index in [1.807, 2.05) is 13.8 Å². The molecule has 2 heterocycles. The summed E-state index contributed by atoms with van der Waals surface area (Å²) in [6.07, 6.45) is 1.40. The van der Waals surface area contributed by atoms with Gasteiger partial charge in [0.25, 0.3) is 5.91 Å².